The normalized spacial score (nSPS) is 10.4. The molecule has 0 aliphatic rings. The third-order valence-corrected chi connectivity index (χ3v) is 3.37. The first kappa shape index (κ1) is 15.7. The Hall–Kier alpha value is -3.15. The van der Waals surface area contributed by atoms with E-state index >= 15 is 0 Å². The molecule has 1 aromatic heterocycles. The lowest BCUT2D eigenvalue weighted by Crippen LogP contribution is -2.08. The second kappa shape index (κ2) is 6.95. The number of nitrogens with one attached hydrogen (secondary N) is 1. The number of rotatable bonds is 5. The largest absolute Gasteiger partial charge is 0.452 e. The Bertz CT molecular complexity index is 841. The quantitative estimate of drug-likeness (QED) is 0.720. The standard InChI is InChI=1S/C18H17N3O3/c1-12-7-9-14(10-8-12)20-16-6-4-3-5-15(16)18(22)23-11-17-19-13(2)21-24-17/h3-10,20H,11H2,1-2H3. The molecule has 3 rings (SSSR count). The number of hydrogen-bond donors (Lipinski definition) is 1. The summed E-state index contributed by atoms with van der Waals surface area (Å²) in [5.41, 5.74) is 3.18. The minimum atomic E-state index is -0.457. The molecule has 0 aliphatic heterocycles. The smallest absolute Gasteiger partial charge is 0.340 e. The monoisotopic (exact) mass is 323 g/mol. The summed E-state index contributed by atoms with van der Waals surface area (Å²) < 4.78 is 10.2. The number of para-hydroxylation sites is 1. The number of esters is 1. The summed E-state index contributed by atoms with van der Waals surface area (Å²) in [5, 5.41) is 6.89. The molecule has 6 heteroatoms. The number of hydrogen-bond acceptors (Lipinski definition) is 6. The molecule has 1 N–H and O–H groups in total. The first-order chi connectivity index (χ1) is 11.6. The maximum atomic E-state index is 12.3. The van der Waals surface area contributed by atoms with E-state index < -0.39 is 5.97 Å². The highest BCUT2D eigenvalue weighted by molar-refractivity contribution is 5.96. The van der Waals surface area contributed by atoms with Gasteiger partial charge in [-0.25, -0.2) is 4.79 Å². The van der Waals surface area contributed by atoms with Gasteiger partial charge in [0, 0.05) is 5.69 Å². The molecule has 6 nitrogen and oxygen atoms in total. The summed E-state index contributed by atoms with van der Waals surface area (Å²) in [6.45, 7) is 3.67. The first-order valence-corrected chi connectivity index (χ1v) is 7.51. The third-order valence-electron chi connectivity index (χ3n) is 3.37. The van der Waals surface area contributed by atoms with E-state index in [1.165, 1.54) is 5.56 Å². The molecule has 1 heterocycles. The molecule has 0 aliphatic carbocycles. The van der Waals surface area contributed by atoms with Gasteiger partial charge < -0.3 is 14.6 Å². The zero-order chi connectivity index (χ0) is 16.9. The summed E-state index contributed by atoms with van der Waals surface area (Å²) in [5.74, 6) is 0.313. The predicted molar refractivity (Wildman–Crippen MR) is 89.1 cm³/mol. The number of anilines is 2. The number of nitrogens with zero attached hydrogens (tertiary/aromatic N) is 2. The van der Waals surface area contributed by atoms with Crippen LogP contribution in [-0.2, 0) is 11.3 Å². The second-order valence-electron chi connectivity index (χ2n) is 5.35. The van der Waals surface area contributed by atoms with Crippen LogP contribution in [0.1, 0.15) is 27.6 Å². The van der Waals surface area contributed by atoms with Gasteiger partial charge in [0.1, 0.15) is 0 Å². The molecule has 3 aromatic rings. The van der Waals surface area contributed by atoms with Crippen molar-refractivity contribution in [2.24, 2.45) is 0 Å². The fraction of sp³-hybridized carbons (Fsp3) is 0.167. The minimum absolute atomic E-state index is 0.0570. The number of benzene rings is 2. The van der Waals surface area contributed by atoms with Crippen LogP contribution in [0.2, 0.25) is 0 Å². The van der Waals surface area contributed by atoms with Gasteiger partial charge in [-0.3, -0.25) is 0 Å². The molecule has 2 aromatic carbocycles. The number of aromatic nitrogens is 2. The summed E-state index contributed by atoms with van der Waals surface area (Å²) in [6.07, 6.45) is 0. The molecule has 0 unspecified atom stereocenters. The summed E-state index contributed by atoms with van der Waals surface area (Å²) in [4.78, 5) is 16.3. The molecular formula is C18H17N3O3. The van der Waals surface area contributed by atoms with Crippen molar-refractivity contribution < 1.29 is 14.1 Å². The van der Waals surface area contributed by atoms with Crippen molar-refractivity contribution in [2.75, 3.05) is 5.32 Å². The summed E-state index contributed by atoms with van der Waals surface area (Å²) in [6, 6.07) is 15.1. The SMILES string of the molecule is Cc1ccc(Nc2ccccc2C(=O)OCc2nc(C)no2)cc1. The molecule has 0 fully saturated rings. The highest BCUT2D eigenvalue weighted by Gasteiger charge is 2.14. The van der Waals surface area contributed by atoms with Crippen LogP contribution in [0.4, 0.5) is 11.4 Å². The second-order valence-corrected chi connectivity index (χ2v) is 5.35. The van der Waals surface area contributed by atoms with Crippen molar-refractivity contribution in [1.82, 2.24) is 10.1 Å². The Morgan fingerprint density at radius 2 is 1.88 bits per heavy atom. The Morgan fingerprint density at radius 1 is 1.12 bits per heavy atom. The third kappa shape index (κ3) is 3.78. The van der Waals surface area contributed by atoms with Gasteiger partial charge in [0.15, 0.2) is 12.4 Å². The van der Waals surface area contributed by atoms with Crippen LogP contribution >= 0.6 is 0 Å². The van der Waals surface area contributed by atoms with Crippen molar-refractivity contribution in [3.8, 4) is 0 Å². The van der Waals surface area contributed by atoms with E-state index in [0.717, 1.165) is 5.69 Å². The predicted octanol–water partition coefficient (Wildman–Crippen LogP) is 3.79. The van der Waals surface area contributed by atoms with Gasteiger partial charge in [-0.1, -0.05) is 35.0 Å². The van der Waals surface area contributed by atoms with Crippen LogP contribution < -0.4 is 5.32 Å². The molecule has 0 atom stereocenters. The average Bonchev–Trinajstić information content (AvgIpc) is 3.01. The number of aryl methyl sites for hydroxylation is 2. The lowest BCUT2D eigenvalue weighted by Gasteiger charge is -2.11. The topological polar surface area (TPSA) is 77.2 Å². The summed E-state index contributed by atoms with van der Waals surface area (Å²) >= 11 is 0. The van der Waals surface area contributed by atoms with Gasteiger partial charge in [0.2, 0.25) is 0 Å². The first-order valence-electron chi connectivity index (χ1n) is 7.51. The van der Waals surface area contributed by atoms with Crippen molar-refractivity contribution in [3.63, 3.8) is 0 Å². The van der Waals surface area contributed by atoms with Crippen LogP contribution in [0.25, 0.3) is 0 Å². The van der Waals surface area contributed by atoms with Crippen molar-refractivity contribution in [3.05, 3.63) is 71.4 Å². The van der Waals surface area contributed by atoms with E-state index in [9.17, 15) is 4.79 Å². The zero-order valence-electron chi connectivity index (χ0n) is 13.4. The molecule has 0 amide bonds. The Morgan fingerprint density at radius 3 is 2.58 bits per heavy atom. The fourth-order valence-corrected chi connectivity index (χ4v) is 2.17. The van der Waals surface area contributed by atoms with Gasteiger partial charge in [-0.2, -0.15) is 4.98 Å². The van der Waals surface area contributed by atoms with Gasteiger partial charge in [0.25, 0.3) is 5.89 Å². The molecule has 0 spiro atoms. The van der Waals surface area contributed by atoms with E-state index in [1.807, 2.05) is 43.3 Å². The molecule has 0 bridgehead atoms. The molecule has 0 saturated carbocycles. The molecule has 122 valence electrons. The van der Waals surface area contributed by atoms with Crippen molar-refractivity contribution >= 4 is 17.3 Å². The Kier molecular flexibility index (Phi) is 4.56. The van der Waals surface area contributed by atoms with E-state index in [-0.39, 0.29) is 12.5 Å². The zero-order valence-corrected chi connectivity index (χ0v) is 13.4. The van der Waals surface area contributed by atoms with E-state index in [4.69, 9.17) is 9.26 Å². The number of ether oxygens (including phenoxy) is 1. The lowest BCUT2D eigenvalue weighted by molar-refractivity contribution is 0.0431. The molecule has 0 saturated heterocycles. The summed E-state index contributed by atoms with van der Waals surface area (Å²) in [7, 11) is 0. The van der Waals surface area contributed by atoms with E-state index in [1.54, 1.807) is 19.1 Å². The van der Waals surface area contributed by atoms with Crippen LogP contribution in [0, 0.1) is 13.8 Å². The maximum absolute atomic E-state index is 12.3. The van der Waals surface area contributed by atoms with Crippen molar-refractivity contribution in [2.45, 2.75) is 20.5 Å². The average molecular weight is 323 g/mol. The van der Waals surface area contributed by atoms with Crippen LogP contribution in [0.3, 0.4) is 0 Å². The lowest BCUT2D eigenvalue weighted by atomic mass is 10.1. The number of carbonyl (C=O) groups excluding carboxylic acids is 1. The molecule has 0 radical (unpaired) electrons. The van der Waals surface area contributed by atoms with Crippen molar-refractivity contribution in [1.29, 1.82) is 0 Å². The fourth-order valence-electron chi connectivity index (χ4n) is 2.17. The van der Waals surface area contributed by atoms with Crippen LogP contribution in [-0.4, -0.2) is 16.1 Å². The van der Waals surface area contributed by atoms with Gasteiger partial charge in [-0.05, 0) is 38.1 Å². The highest BCUT2D eigenvalue weighted by Crippen LogP contribution is 2.22. The maximum Gasteiger partial charge on any atom is 0.340 e. The van der Waals surface area contributed by atoms with Crippen LogP contribution in [0.5, 0.6) is 0 Å². The van der Waals surface area contributed by atoms with Gasteiger partial charge in [-0.15, -0.1) is 0 Å². The van der Waals surface area contributed by atoms with E-state index in [2.05, 4.69) is 15.5 Å². The van der Waals surface area contributed by atoms with Crippen LogP contribution in [0.15, 0.2) is 53.1 Å². The van der Waals surface area contributed by atoms with E-state index in [0.29, 0.717) is 17.1 Å². The van der Waals surface area contributed by atoms with Gasteiger partial charge >= 0.3 is 5.97 Å². The molecule has 24 heavy (non-hydrogen) atoms. The van der Waals surface area contributed by atoms with Gasteiger partial charge in [0.05, 0.1) is 11.3 Å². The number of carbonyl (C=O) groups is 1. The Balaban J connectivity index is 1.73. The highest BCUT2D eigenvalue weighted by atomic mass is 16.6. The Labute approximate surface area is 139 Å². The minimum Gasteiger partial charge on any atom is -0.452 e. The molecular weight excluding hydrogens is 306 g/mol.